The number of nitrogens with zero attached hydrogens (tertiary/aromatic N) is 2. The van der Waals surface area contributed by atoms with E-state index in [0.717, 1.165) is 76.5 Å². The molecule has 4 aromatic rings. The van der Waals surface area contributed by atoms with Crippen molar-refractivity contribution in [3.05, 3.63) is 109 Å². The summed E-state index contributed by atoms with van der Waals surface area (Å²) >= 11 is 14.3. The van der Waals surface area contributed by atoms with Gasteiger partial charge in [-0.1, -0.05) is 53.5 Å². The molecule has 3 saturated heterocycles. The molecule has 3 fully saturated rings. The number of piperidine rings is 3. The molecular formula is C38H40Cl2N3O7S+. The van der Waals surface area contributed by atoms with Crippen LogP contribution in [-0.4, -0.2) is 67.1 Å². The number of nitrogens with one attached hydrogen (secondary N) is 1. The molecule has 268 valence electrons. The lowest BCUT2D eigenvalue weighted by atomic mass is 9.85. The number of ether oxygens (including phenoxy) is 3. The fourth-order valence-electron chi connectivity index (χ4n) is 7.99. The Balaban J connectivity index is 1.24. The molecule has 3 atom stereocenters. The number of thiophene rings is 1. The number of carboxylic acids is 1. The predicted octanol–water partition coefficient (Wildman–Crippen LogP) is 6.24. The van der Waals surface area contributed by atoms with Crippen molar-refractivity contribution in [3.8, 4) is 11.5 Å². The second-order valence-electron chi connectivity index (χ2n) is 13.5. The topological polar surface area (TPSA) is 121 Å². The second kappa shape index (κ2) is 14.6. The summed E-state index contributed by atoms with van der Waals surface area (Å²) in [4.78, 5) is 30.5. The van der Waals surface area contributed by atoms with Gasteiger partial charge in [0.2, 0.25) is 12.4 Å². The predicted molar refractivity (Wildman–Crippen MR) is 193 cm³/mol. The van der Waals surface area contributed by atoms with Gasteiger partial charge in [-0.15, -0.1) is 11.3 Å². The summed E-state index contributed by atoms with van der Waals surface area (Å²) in [5.74, 6) is -0.512. The van der Waals surface area contributed by atoms with Crippen molar-refractivity contribution >= 4 is 46.5 Å². The quantitative estimate of drug-likeness (QED) is 0.0878. The Kier molecular flexibility index (Phi) is 10.2. The minimum absolute atomic E-state index is 0.141. The van der Waals surface area contributed by atoms with Crippen LogP contribution in [0.25, 0.3) is 0 Å². The van der Waals surface area contributed by atoms with Crippen LogP contribution in [0.4, 0.5) is 0 Å². The lowest BCUT2D eigenvalue weighted by Gasteiger charge is -2.45. The lowest BCUT2D eigenvalue weighted by Crippen LogP contribution is -2.55. The lowest BCUT2D eigenvalue weighted by molar-refractivity contribution is -0.904. The number of esters is 1. The average molecular weight is 754 g/mol. The third-order valence-corrected chi connectivity index (χ3v) is 12.5. The first-order valence-corrected chi connectivity index (χ1v) is 18.6. The monoisotopic (exact) mass is 752 g/mol. The number of pyridine rings is 1. The van der Waals surface area contributed by atoms with E-state index in [1.54, 1.807) is 13.2 Å². The molecule has 3 aliphatic heterocycles. The number of aromatic nitrogens is 1. The number of carboxylic acid groups (broad SMARTS) is 1. The molecular weight excluding hydrogens is 713 g/mol. The SMILES string of the molecule is COc1ccc([C@H](Cc2c(Cl)c[n+](O)cc2Cl)c2cc(CNC3(C(=O)O[C@H]4CN5CCC4CC5)CCc4ccccc43)sc2C(=O)O)cc1OC. The molecule has 2 aromatic heterocycles. The number of aryl methyl sites for hydroxylation is 1. The summed E-state index contributed by atoms with van der Waals surface area (Å²) < 4.78 is 18.2. The van der Waals surface area contributed by atoms with Crippen LogP contribution in [-0.2, 0) is 34.5 Å². The van der Waals surface area contributed by atoms with E-state index in [1.165, 1.54) is 19.5 Å². The third-order valence-electron chi connectivity index (χ3n) is 10.7. The van der Waals surface area contributed by atoms with Crippen molar-refractivity contribution in [1.82, 2.24) is 10.2 Å². The van der Waals surface area contributed by atoms with Crippen molar-refractivity contribution < 1.29 is 38.8 Å². The van der Waals surface area contributed by atoms with Crippen molar-refractivity contribution in [3.63, 3.8) is 0 Å². The smallest absolute Gasteiger partial charge is 0.346 e. The fraction of sp³-hybridized carbons (Fsp3) is 0.395. The fourth-order valence-corrected chi connectivity index (χ4v) is 9.59. The maximum absolute atomic E-state index is 14.3. The Morgan fingerprint density at radius 3 is 2.45 bits per heavy atom. The van der Waals surface area contributed by atoms with Crippen molar-refractivity contribution in [2.75, 3.05) is 33.9 Å². The zero-order valence-electron chi connectivity index (χ0n) is 28.4. The summed E-state index contributed by atoms with van der Waals surface area (Å²) in [7, 11) is 3.09. The molecule has 4 aliphatic rings. The molecule has 8 rings (SSSR count). The van der Waals surface area contributed by atoms with Crippen LogP contribution in [0.5, 0.6) is 11.5 Å². The van der Waals surface area contributed by atoms with Crippen LogP contribution in [0, 0.1) is 5.92 Å². The zero-order chi connectivity index (χ0) is 35.9. The molecule has 2 bridgehead atoms. The van der Waals surface area contributed by atoms with E-state index in [4.69, 9.17) is 37.4 Å². The van der Waals surface area contributed by atoms with Gasteiger partial charge in [0.05, 0.1) is 14.2 Å². The number of fused-ring (bicyclic) bond motifs is 4. The van der Waals surface area contributed by atoms with E-state index < -0.39 is 17.4 Å². The van der Waals surface area contributed by atoms with Crippen LogP contribution in [0.3, 0.4) is 0 Å². The van der Waals surface area contributed by atoms with Crippen molar-refractivity contribution in [1.29, 1.82) is 0 Å². The maximum Gasteiger partial charge on any atom is 0.346 e. The Morgan fingerprint density at radius 2 is 1.78 bits per heavy atom. The molecule has 3 N–H and O–H groups in total. The zero-order valence-corrected chi connectivity index (χ0v) is 30.7. The summed E-state index contributed by atoms with van der Waals surface area (Å²) in [5, 5.41) is 24.6. The molecule has 1 aliphatic carbocycles. The largest absolute Gasteiger partial charge is 0.493 e. The summed E-state index contributed by atoms with van der Waals surface area (Å²) in [5.41, 5.74) is 2.79. The molecule has 5 heterocycles. The molecule has 2 aromatic carbocycles. The van der Waals surface area contributed by atoms with Gasteiger partial charge in [0.15, 0.2) is 11.5 Å². The highest BCUT2D eigenvalue weighted by Gasteiger charge is 2.48. The van der Waals surface area contributed by atoms with E-state index in [-0.39, 0.29) is 40.0 Å². The van der Waals surface area contributed by atoms with Gasteiger partial charge in [-0.3, -0.25) is 15.4 Å². The number of carbonyl (C=O) groups is 2. The van der Waals surface area contributed by atoms with Gasteiger partial charge in [-0.05, 0) is 91.6 Å². The Bertz CT molecular complexity index is 1940. The van der Waals surface area contributed by atoms with Gasteiger partial charge >= 0.3 is 11.9 Å². The number of hydrogen-bond acceptors (Lipinski definition) is 9. The molecule has 0 radical (unpaired) electrons. The van der Waals surface area contributed by atoms with E-state index in [1.807, 2.05) is 36.4 Å². The number of aromatic carboxylic acids is 1. The third kappa shape index (κ3) is 6.90. The number of benzene rings is 2. The van der Waals surface area contributed by atoms with Crippen molar-refractivity contribution in [2.45, 2.75) is 56.2 Å². The van der Waals surface area contributed by atoms with E-state index in [0.29, 0.717) is 35.0 Å². The molecule has 0 amide bonds. The summed E-state index contributed by atoms with van der Waals surface area (Å²) in [6.07, 6.45) is 6.09. The van der Waals surface area contributed by atoms with Crippen LogP contribution in [0.15, 0.2) is 60.9 Å². The van der Waals surface area contributed by atoms with Crippen LogP contribution >= 0.6 is 34.5 Å². The van der Waals surface area contributed by atoms with E-state index >= 15 is 0 Å². The normalized spacial score (nSPS) is 22.7. The minimum Gasteiger partial charge on any atom is -0.493 e. The number of methoxy groups -OCH3 is 2. The molecule has 0 spiro atoms. The molecule has 0 saturated carbocycles. The Labute approximate surface area is 310 Å². The first-order chi connectivity index (χ1) is 24.6. The molecule has 13 heteroatoms. The van der Waals surface area contributed by atoms with Gasteiger partial charge in [0, 0.05) is 34.2 Å². The highest BCUT2D eigenvalue weighted by Crippen LogP contribution is 2.43. The van der Waals surface area contributed by atoms with Crippen LogP contribution in [0.1, 0.15) is 67.5 Å². The van der Waals surface area contributed by atoms with E-state index in [9.17, 15) is 19.9 Å². The van der Waals surface area contributed by atoms with E-state index in [2.05, 4.69) is 16.3 Å². The molecule has 1 unspecified atom stereocenters. The molecule has 10 nitrogen and oxygen atoms in total. The summed E-state index contributed by atoms with van der Waals surface area (Å²) in [6, 6.07) is 15.3. The maximum atomic E-state index is 14.3. The van der Waals surface area contributed by atoms with Gasteiger partial charge in [0.25, 0.3) is 0 Å². The van der Waals surface area contributed by atoms with Gasteiger partial charge in [-0.25, -0.2) is 9.59 Å². The number of carbonyl (C=O) groups excluding carboxylic acids is 1. The average Bonchev–Trinajstić information content (AvgIpc) is 3.73. The number of rotatable bonds is 12. The van der Waals surface area contributed by atoms with Crippen LogP contribution < -0.4 is 19.5 Å². The highest BCUT2D eigenvalue weighted by molar-refractivity contribution is 7.14. The Morgan fingerprint density at radius 1 is 1.06 bits per heavy atom. The highest BCUT2D eigenvalue weighted by atomic mass is 35.5. The first kappa shape index (κ1) is 35.5. The molecule has 51 heavy (non-hydrogen) atoms. The Hall–Kier alpha value is -3.87. The van der Waals surface area contributed by atoms with Gasteiger partial charge in [0.1, 0.15) is 26.6 Å². The number of hydrogen-bond donors (Lipinski definition) is 3. The van der Waals surface area contributed by atoms with Gasteiger partial charge < -0.3 is 19.3 Å². The standard InChI is InChI=1S/C38H39Cl2N3O7S/c1-48-32-8-7-24(15-33(32)49-2)26(17-28-30(39)19-43(47)20-31(28)40)27-16-25(51-35(27)36(44)45)18-41-38(12-9-22-5-3-4-6-29(22)38)37(46)50-34-21-42-13-10-23(34)11-14-42/h3-8,15-16,19-20,23,26,34,41H,9-14,17-18,21H2,1-2H3,(H-,44,45,47)/p+1/t26-,34-,38?/m0/s1. The van der Waals surface area contributed by atoms with Crippen molar-refractivity contribution in [2.24, 2.45) is 5.92 Å². The second-order valence-corrected chi connectivity index (χ2v) is 15.4. The van der Waals surface area contributed by atoms with Gasteiger partial charge in [-0.2, -0.15) is 0 Å². The first-order valence-electron chi connectivity index (χ1n) is 17.0. The summed E-state index contributed by atoms with van der Waals surface area (Å²) in [6.45, 7) is 3.10. The minimum atomic E-state index is -1.08. The van der Waals surface area contributed by atoms with Crippen LogP contribution in [0.2, 0.25) is 10.0 Å². The number of halogens is 2.